The van der Waals surface area contributed by atoms with Crippen molar-refractivity contribution >= 4 is 8.32 Å². The second-order valence-corrected chi connectivity index (χ2v) is 12.8. The Bertz CT molecular complexity index is 457. The molecule has 5 rings (SSSR count). The van der Waals surface area contributed by atoms with Crippen molar-refractivity contribution in [3.63, 3.8) is 0 Å². The molecule has 0 aromatic heterocycles. The quantitative estimate of drug-likeness (QED) is 0.605. The molecule has 0 aromatic carbocycles. The molecule has 1 aliphatic carbocycles. The highest BCUT2D eigenvalue weighted by molar-refractivity contribution is 6.74. The fourth-order valence-electron chi connectivity index (χ4n) is 3.34. The molecule has 0 radical (unpaired) electrons. The van der Waals surface area contributed by atoms with Crippen molar-refractivity contribution in [2.75, 3.05) is 6.61 Å². The summed E-state index contributed by atoms with van der Waals surface area (Å²) in [4.78, 5) is 0. The average Bonchev–Trinajstić information content (AvgIpc) is 3.14. The SMILES string of the molecule is CC(C)(C)[Si](C)(C)O[C@H]1[C@H]2O[C@@H]3O[C@H]([C@@H]2O)[C@@]2(CO2)[C@H]1O3. The minimum absolute atomic E-state index is 0.0840. The van der Waals surface area contributed by atoms with Gasteiger partial charge in [-0.3, -0.25) is 0 Å². The van der Waals surface area contributed by atoms with Crippen LogP contribution < -0.4 is 0 Å². The maximum atomic E-state index is 10.5. The molecule has 120 valence electrons. The number of hydrogen-bond donors (Lipinski definition) is 1. The molecule has 21 heavy (non-hydrogen) atoms. The van der Waals surface area contributed by atoms with Gasteiger partial charge in [-0.05, 0) is 18.1 Å². The maximum Gasteiger partial charge on any atom is 0.273 e. The fourth-order valence-corrected chi connectivity index (χ4v) is 4.63. The van der Waals surface area contributed by atoms with E-state index in [-0.39, 0.29) is 23.4 Å². The molecule has 0 aromatic rings. The Balaban J connectivity index is 1.64. The van der Waals surface area contributed by atoms with Crippen molar-refractivity contribution in [2.24, 2.45) is 0 Å². The fraction of sp³-hybridized carbons (Fsp3) is 1.00. The van der Waals surface area contributed by atoms with Crippen molar-refractivity contribution in [3.8, 4) is 0 Å². The van der Waals surface area contributed by atoms with Crippen LogP contribution >= 0.6 is 0 Å². The Kier molecular flexibility index (Phi) is 2.83. The van der Waals surface area contributed by atoms with Crippen LogP contribution in [-0.4, -0.2) is 62.6 Å². The van der Waals surface area contributed by atoms with Gasteiger partial charge < -0.3 is 28.5 Å². The van der Waals surface area contributed by atoms with E-state index in [0.29, 0.717) is 6.61 Å². The van der Waals surface area contributed by atoms with Crippen LogP contribution in [0, 0.1) is 0 Å². The van der Waals surface area contributed by atoms with Gasteiger partial charge >= 0.3 is 0 Å². The van der Waals surface area contributed by atoms with Crippen LogP contribution in [-0.2, 0) is 23.4 Å². The Labute approximate surface area is 125 Å². The van der Waals surface area contributed by atoms with Crippen LogP contribution in [0.1, 0.15) is 20.8 Å². The standard InChI is InChI=1S/C14H24O6Si/c1-13(2,3)21(4,5)20-9-8-7(15)10-14(6-16-14)11(9)19-12(17-8)18-10/h7-12,15H,6H2,1-5H3/t7-,8+,9+,10-,11+,12-,14+/m1/s1. The highest BCUT2D eigenvalue weighted by Gasteiger charge is 2.75. The van der Waals surface area contributed by atoms with Gasteiger partial charge in [-0.15, -0.1) is 0 Å². The minimum Gasteiger partial charge on any atom is -0.408 e. The lowest BCUT2D eigenvalue weighted by molar-refractivity contribution is -0.476. The summed E-state index contributed by atoms with van der Waals surface area (Å²) < 4.78 is 29.3. The molecular formula is C14H24O6Si. The highest BCUT2D eigenvalue weighted by Crippen LogP contribution is 2.54. The van der Waals surface area contributed by atoms with E-state index in [0.717, 1.165) is 0 Å². The molecule has 1 N–H and O–H groups in total. The largest absolute Gasteiger partial charge is 0.408 e. The summed E-state index contributed by atoms with van der Waals surface area (Å²) in [6.07, 6.45) is -1.98. The smallest absolute Gasteiger partial charge is 0.273 e. The Hall–Kier alpha value is -0.0231. The van der Waals surface area contributed by atoms with Gasteiger partial charge in [0.25, 0.3) is 6.48 Å². The Morgan fingerprint density at radius 1 is 1.14 bits per heavy atom. The molecular weight excluding hydrogens is 292 g/mol. The molecule has 4 saturated heterocycles. The second-order valence-electron chi connectivity index (χ2n) is 8.08. The van der Waals surface area contributed by atoms with Crippen LogP contribution in [0.4, 0.5) is 0 Å². The molecule has 4 bridgehead atoms. The number of epoxide rings is 1. The van der Waals surface area contributed by atoms with E-state index in [1.54, 1.807) is 0 Å². The van der Waals surface area contributed by atoms with Gasteiger partial charge in [0.05, 0.1) is 6.61 Å². The van der Waals surface area contributed by atoms with Gasteiger partial charge in [-0.25, -0.2) is 0 Å². The van der Waals surface area contributed by atoms with Gasteiger partial charge in [0.2, 0.25) is 0 Å². The number of ether oxygens (including phenoxy) is 4. The zero-order valence-electron chi connectivity index (χ0n) is 13.2. The zero-order valence-corrected chi connectivity index (χ0v) is 14.2. The minimum atomic E-state index is -2.00. The van der Waals surface area contributed by atoms with Gasteiger partial charge in [0, 0.05) is 0 Å². The highest BCUT2D eigenvalue weighted by atomic mass is 28.4. The summed E-state index contributed by atoms with van der Waals surface area (Å²) in [6.45, 7) is 10.8. The van der Waals surface area contributed by atoms with Crippen molar-refractivity contribution in [1.82, 2.24) is 0 Å². The van der Waals surface area contributed by atoms with E-state index in [1.165, 1.54) is 0 Å². The van der Waals surface area contributed by atoms with Crippen molar-refractivity contribution in [1.29, 1.82) is 0 Å². The summed E-state index contributed by atoms with van der Waals surface area (Å²) >= 11 is 0. The van der Waals surface area contributed by atoms with Crippen LogP contribution in [0.2, 0.25) is 18.1 Å². The molecule has 5 aliphatic rings. The van der Waals surface area contributed by atoms with Crippen molar-refractivity contribution < 1.29 is 28.5 Å². The van der Waals surface area contributed by atoms with Gasteiger partial charge in [-0.2, -0.15) is 0 Å². The molecule has 1 saturated carbocycles. The van der Waals surface area contributed by atoms with Crippen LogP contribution in [0.25, 0.3) is 0 Å². The second kappa shape index (κ2) is 4.08. The average molecular weight is 316 g/mol. The zero-order chi connectivity index (χ0) is 15.2. The third-order valence-corrected chi connectivity index (χ3v) is 10.2. The molecule has 7 heteroatoms. The summed E-state index contributed by atoms with van der Waals surface area (Å²) in [6, 6.07) is 0. The molecule has 5 fully saturated rings. The van der Waals surface area contributed by atoms with E-state index in [9.17, 15) is 5.11 Å². The first kappa shape index (κ1) is 14.6. The van der Waals surface area contributed by atoms with Crippen LogP contribution in [0.15, 0.2) is 0 Å². The first-order valence-electron chi connectivity index (χ1n) is 7.62. The van der Waals surface area contributed by atoms with Crippen LogP contribution in [0.5, 0.6) is 0 Å². The summed E-state index contributed by atoms with van der Waals surface area (Å²) in [5, 5.41) is 10.6. The van der Waals surface area contributed by atoms with Gasteiger partial charge in [0.1, 0.15) is 36.1 Å². The first-order valence-corrected chi connectivity index (χ1v) is 10.5. The molecule has 4 aliphatic heterocycles. The summed E-state index contributed by atoms with van der Waals surface area (Å²) in [5.74, 6) is 0. The number of hydrogen-bond acceptors (Lipinski definition) is 6. The lowest BCUT2D eigenvalue weighted by Crippen LogP contribution is -2.78. The Morgan fingerprint density at radius 3 is 2.33 bits per heavy atom. The lowest BCUT2D eigenvalue weighted by atomic mass is 9.76. The third kappa shape index (κ3) is 1.86. The van der Waals surface area contributed by atoms with E-state index < -0.39 is 32.6 Å². The van der Waals surface area contributed by atoms with E-state index in [4.69, 9.17) is 23.4 Å². The van der Waals surface area contributed by atoms with E-state index in [2.05, 4.69) is 33.9 Å². The molecule has 6 nitrogen and oxygen atoms in total. The summed E-state index contributed by atoms with van der Waals surface area (Å²) in [7, 11) is -2.00. The first-order chi connectivity index (χ1) is 9.66. The van der Waals surface area contributed by atoms with Gasteiger partial charge in [-0.1, -0.05) is 20.8 Å². The predicted molar refractivity (Wildman–Crippen MR) is 75.2 cm³/mol. The molecule has 0 amide bonds. The lowest BCUT2D eigenvalue weighted by Gasteiger charge is -2.59. The maximum absolute atomic E-state index is 10.5. The monoisotopic (exact) mass is 316 g/mol. The molecule has 4 heterocycles. The van der Waals surface area contributed by atoms with Gasteiger partial charge in [0.15, 0.2) is 8.32 Å². The van der Waals surface area contributed by atoms with Crippen molar-refractivity contribution in [3.05, 3.63) is 0 Å². The molecule has 7 atom stereocenters. The number of aliphatic hydroxyl groups excluding tert-OH is 1. The summed E-state index contributed by atoms with van der Waals surface area (Å²) in [5.41, 5.74) is -0.538. The third-order valence-electron chi connectivity index (χ3n) is 5.73. The van der Waals surface area contributed by atoms with E-state index in [1.807, 2.05) is 0 Å². The molecule has 0 unspecified atom stereocenters. The topological polar surface area (TPSA) is 69.7 Å². The Morgan fingerprint density at radius 2 is 1.76 bits per heavy atom. The predicted octanol–water partition coefficient (Wildman–Crippen LogP) is 0.987. The van der Waals surface area contributed by atoms with Crippen LogP contribution in [0.3, 0.4) is 0 Å². The van der Waals surface area contributed by atoms with E-state index >= 15 is 0 Å². The van der Waals surface area contributed by atoms with Crippen molar-refractivity contribution in [2.45, 2.75) is 81.5 Å². The molecule has 1 spiro atoms. The normalized spacial score (nSPS) is 51.7. The number of aliphatic hydroxyl groups is 1. The number of rotatable bonds is 2.